The maximum atomic E-state index is 13.4. The van der Waals surface area contributed by atoms with Gasteiger partial charge >= 0.3 is 6.03 Å². The molecule has 0 spiro atoms. The number of anilines is 2. The molecule has 3 N–H and O–H groups in total. The van der Waals surface area contributed by atoms with Crippen LogP contribution in [-0.2, 0) is 26.1 Å². The van der Waals surface area contributed by atoms with Crippen molar-refractivity contribution in [3.63, 3.8) is 0 Å². The Balaban J connectivity index is 0.000000703. The van der Waals surface area contributed by atoms with Gasteiger partial charge in [0.2, 0.25) is 11.8 Å². The Labute approximate surface area is 303 Å². The van der Waals surface area contributed by atoms with E-state index < -0.39 is 6.03 Å². The van der Waals surface area contributed by atoms with Gasteiger partial charge in [-0.15, -0.1) is 0 Å². The van der Waals surface area contributed by atoms with E-state index >= 15 is 0 Å². The Morgan fingerprint density at radius 3 is 2.27 bits per heavy atom. The van der Waals surface area contributed by atoms with E-state index in [4.69, 9.17) is 19.3 Å². The number of rotatable bonds is 7. The van der Waals surface area contributed by atoms with Gasteiger partial charge in [-0.25, -0.2) is 14.5 Å². The highest BCUT2D eigenvalue weighted by Crippen LogP contribution is 2.34. The fourth-order valence-electron chi connectivity index (χ4n) is 5.67. The standard InChI is InChI=1S/C35H37N7O4.C4H9NO/c1-23-9-11-24(12-10-23)42-31(21-29(40-42)35(2,3)4)39-34(44)37-27-13-14-28(26-8-6-5-7-25(26)27)46-32-15-16-36-30(38-32)22-33(43)41-17-19-45-20-18-41;1-3-6-4-2-5-1/h5-16,21H,17-20,22H2,1-4H3,(H2,37,39,44);5H,1-4H2. The average molecular weight is 707 g/mol. The van der Waals surface area contributed by atoms with Gasteiger partial charge < -0.3 is 29.7 Å². The van der Waals surface area contributed by atoms with Gasteiger partial charge in [-0.2, -0.15) is 10.1 Å². The smallest absolute Gasteiger partial charge is 0.324 e. The molecule has 2 saturated heterocycles. The van der Waals surface area contributed by atoms with Crippen molar-refractivity contribution >= 4 is 34.2 Å². The molecular formula is C39H46N8O5. The number of morpholine rings is 2. The quantitative estimate of drug-likeness (QED) is 0.189. The number of amides is 3. The van der Waals surface area contributed by atoms with Crippen molar-refractivity contribution in [3.05, 3.63) is 96.1 Å². The Morgan fingerprint density at radius 2 is 1.60 bits per heavy atom. The number of nitrogens with one attached hydrogen (secondary N) is 3. The third-order valence-corrected chi connectivity index (χ3v) is 8.54. The molecule has 3 aromatic carbocycles. The molecule has 2 fully saturated rings. The van der Waals surface area contributed by atoms with Crippen LogP contribution < -0.4 is 20.7 Å². The van der Waals surface area contributed by atoms with Gasteiger partial charge in [-0.3, -0.25) is 10.1 Å². The van der Waals surface area contributed by atoms with E-state index in [2.05, 4.69) is 46.7 Å². The van der Waals surface area contributed by atoms with E-state index in [-0.39, 0.29) is 17.7 Å². The molecule has 2 aromatic heterocycles. The molecule has 13 heteroatoms. The van der Waals surface area contributed by atoms with E-state index in [1.807, 2.05) is 61.5 Å². The fourth-order valence-corrected chi connectivity index (χ4v) is 5.67. The van der Waals surface area contributed by atoms with E-state index in [0.29, 0.717) is 55.3 Å². The predicted molar refractivity (Wildman–Crippen MR) is 200 cm³/mol. The highest BCUT2D eigenvalue weighted by atomic mass is 16.5. The third-order valence-electron chi connectivity index (χ3n) is 8.54. The lowest BCUT2D eigenvalue weighted by Crippen LogP contribution is -2.41. The zero-order valence-electron chi connectivity index (χ0n) is 30.1. The molecule has 0 unspecified atom stereocenters. The summed E-state index contributed by atoms with van der Waals surface area (Å²) in [5, 5.41) is 15.5. The second-order valence-corrected chi connectivity index (χ2v) is 13.6. The normalized spacial score (nSPS) is 14.7. The van der Waals surface area contributed by atoms with Crippen molar-refractivity contribution in [1.82, 2.24) is 30.0 Å². The molecule has 0 saturated carbocycles. The summed E-state index contributed by atoms with van der Waals surface area (Å²) in [6, 6.07) is 22.3. The number of ether oxygens (including phenoxy) is 3. The maximum Gasteiger partial charge on any atom is 0.324 e. The summed E-state index contributed by atoms with van der Waals surface area (Å²) >= 11 is 0. The second kappa shape index (κ2) is 16.8. The van der Waals surface area contributed by atoms with Crippen LogP contribution in [0.5, 0.6) is 11.6 Å². The monoisotopic (exact) mass is 706 g/mol. The molecule has 13 nitrogen and oxygen atoms in total. The minimum Gasteiger partial charge on any atom is -0.438 e. The molecular weight excluding hydrogens is 660 g/mol. The minimum absolute atomic E-state index is 0.0452. The molecule has 0 aliphatic carbocycles. The lowest BCUT2D eigenvalue weighted by molar-refractivity contribution is -0.134. The Kier molecular flexibility index (Phi) is 11.7. The second-order valence-electron chi connectivity index (χ2n) is 13.6. The maximum absolute atomic E-state index is 13.4. The van der Waals surface area contributed by atoms with Gasteiger partial charge in [0.1, 0.15) is 17.4 Å². The van der Waals surface area contributed by atoms with Crippen LogP contribution in [-0.4, -0.2) is 89.2 Å². The van der Waals surface area contributed by atoms with Crippen LogP contribution in [0.15, 0.2) is 79.0 Å². The van der Waals surface area contributed by atoms with Crippen LogP contribution in [0.1, 0.15) is 37.9 Å². The number of carbonyl (C=O) groups excluding carboxylic acids is 2. The van der Waals surface area contributed by atoms with Crippen LogP contribution in [0.25, 0.3) is 16.5 Å². The first-order chi connectivity index (χ1) is 25.1. The van der Waals surface area contributed by atoms with E-state index in [1.54, 1.807) is 34.0 Å². The van der Waals surface area contributed by atoms with Crippen molar-refractivity contribution in [2.24, 2.45) is 0 Å². The molecule has 2 aliphatic rings. The van der Waals surface area contributed by atoms with E-state index in [1.165, 1.54) is 0 Å². The molecule has 272 valence electrons. The van der Waals surface area contributed by atoms with Gasteiger partial charge in [-0.1, -0.05) is 62.7 Å². The first-order valence-electron chi connectivity index (χ1n) is 17.6. The summed E-state index contributed by atoms with van der Waals surface area (Å²) in [6.07, 6.45) is 1.66. The molecule has 0 radical (unpaired) electrons. The number of fused-ring (bicyclic) bond motifs is 1. The van der Waals surface area contributed by atoms with Gasteiger partial charge in [-0.05, 0) is 31.2 Å². The molecule has 52 heavy (non-hydrogen) atoms. The van der Waals surface area contributed by atoms with Crippen molar-refractivity contribution in [2.45, 2.75) is 39.5 Å². The largest absolute Gasteiger partial charge is 0.438 e. The minimum atomic E-state index is -0.405. The topological polar surface area (TPSA) is 145 Å². The number of urea groups is 1. The molecule has 7 rings (SSSR count). The van der Waals surface area contributed by atoms with Crippen LogP contribution in [0.4, 0.5) is 16.3 Å². The lowest BCUT2D eigenvalue weighted by atomic mass is 9.92. The van der Waals surface area contributed by atoms with Crippen molar-refractivity contribution in [2.75, 3.05) is 63.2 Å². The predicted octanol–water partition coefficient (Wildman–Crippen LogP) is 5.87. The van der Waals surface area contributed by atoms with Crippen LogP contribution >= 0.6 is 0 Å². The number of benzene rings is 3. The third kappa shape index (κ3) is 9.49. The SMILES string of the molecule is C1COCCN1.Cc1ccc(-n2nc(C(C)(C)C)cc2NC(=O)Nc2ccc(Oc3ccnc(CC(=O)N4CCOCC4)n3)c3ccccc23)cc1. The number of aromatic nitrogens is 4. The average Bonchev–Trinajstić information content (AvgIpc) is 3.59. The summed E-state index contributed by atoms with van der Waals surface area (Å²) in [5.74, 6) is 1.77. The summed E-state index contributed by atoms with van der Waals surface area (Å²) in [6.45, 7) is 14.3. The molecule has 0 bridgehead atoms. The number of aryl methyl sites for hydroxylation is 1. The summed E-state index contributed by atoms with van der Waals surface area (Å²) < 4.78 is 18.3. The van der Waals surface area contributed by atoms with Gasteiger partial charge in [0.25, 0.3) is 0 Å². The summed E-state index contributed by atoms with van der Waals surface area (Å²) in [4.78, 5) is 36.6. The Hall–Kier alpha value is -5.37. The molecule has 3 amide bonds. The summed E-state index contributed by atoms with van der Waals surface area (Å²) in [5.41, 5.74) is 3.24. The van der Waals surface area contributed by atoms with Gasteiger partial charge in [0.15, 0.2) is 0 Å². The lowest BCUT2D eigenvalue weighted by Gasteiger charge is -2.26. The zero-order chi connectivity index (χ0) is 36.5. The first kappa shape index (κ1) is 36.4. The van der Waals surface area contributed by atoms with Gasteiger partial charge in [0.05, 0.1) is 49.9 Å². The molecule has 5 aromatic rings. The highest BCUT2D eigenvalue weighted by Gasteiger charge is 2.22. The van der Waals surface area contributed by atoms with Crippen LogP contribution in [0.3, 0.4) is 0 Å². The highest BCUT2D eigenvalue weighted by molar-refractivity contribution is 6.07. The van der Waals surface area contributed by atoms with Crippen molar-refractivity contribution in [3.8, 4) is 17.3 Å². The van der Waals surface area contributed by atoms with E-state index in [9.17, 15) is 9.59 Å². The van der Waals surface area contributed by atoms with Crippen LogP contribution in [0.2, 0.25) is 0 Å². The fraction of sp³-hybridized carbons (Fsp3) is 0.359. The van der Waals surface area contributed by atoms with Gasteiger partial charge in [0, 0.05) is 60.7 Å². The Morgan fingerprint density at radius 1 is 0.885 bits per heavy atom. The van der Waals surface area contributed by atoms with E-state index in [0.717, 1.165) is 54.0 Å². The summed E-state index contributed by atoms with van der Waals surface area (Å²) in [7, 11) is 0. The number of hydrogen-bond acceptors (Lipinski definition) is 9. The molecule has 4 heterocycles. The first-order valence-corrected chi connectivity index (χ1v) is 17.6. The van der Waals surface area contributed by atoms with Crippen molar-refractivity contribution in [1.29, 1.82) is 0 Å². The Bertz CT molecular complexity index is 1970. The van der Waals surface area contributed by atoms with Crippen LogP contribution in [0, 0.1) is 6.92 Å². The number of carbonyl (C=O) groups is 2. The molecule has 0 atom stereocenters. The number of nitrogens with zero attached hydrogens (tertiary/aromatic N) is 5. The van der Waals surface area contributed by atoms with Crippen molar-refractivity contribution < 1.29 is 23.8 Å². The zero-order valence-corrected chi connectivity index (χ0v) is 30.1. The number of hydrogen-bond donors (Lipinski definition) is 3. The molecule has 2 aliphatic heterocycles.